The Hall–Kier alpha value is -2.33. The van der Waals surface area contributed by atoms with Crippen LogP contribution in [0.15, 0.2) is 41.2 Å². The van der Waals surface area contributed by atoms with Crippen LogP contribution in [0.25, 0.3) is 0 Å². The van der Waals surface area contributed by atoms with Gasteiger partial charge in [-0.3, -0.25) is 4.79 Å². The first-order chi connectivity index (χ1) is 13.3. The fraction of sp³-hybridized carbons (Fsp3) is 0.458. The SMILES string of the molecule is CCC(C)NCc1ccccc1.Cc1cc(=O)c(O)c(O)c2c1CC(C)CC2. The van der Waals surface area contributed by atoms with E-state index in [9.17, 15) is 15.0 Å². The van der Waals surface area contributed by atoms with Gasteiger partial charge in [-0.15, -0.1) is 0 Å². The van der Waals surface area contributed by atoms with Gasteiger partial charge in [0.25, 0.3) is 0 Å². The van der Waals surface area contributed by atoms with Crippen LogP contribution in [0.2, 0.25) is 0 Å². The predicted molar refractivity (Wildman–Crippen MR) is 115 cm³/mol. The first kappa shape index (κ1) is 22.0. The average Bonchev–Trinajstić information content (AvgIpc) is 2.78. The van der Waals surface area contributed by atoms with Crippen LogP contribution in [0.3, 0.4) is 0 Å². The summed E-state index contributed by atoms with van der Waals surface area (Å²) < 4.78 is 0. The fourth-order valence-corrected chi connectivity index (χ4v) is 3.42. The number of aromatic hydroxyl groups is 2. The molecule has 0 fully saturated rings. The number of benzene rings is 1. The van der Waals surface area contributed by atoms with Gasteiger partial charge in [0.1, 0.15) is 0 Å². The van der Waals surface area contributed by atoms with E-state index in [0.29, 0.717) is 12.0 Å². The molecule has 2 aromatic carbocycles. The highest BCUT2D eigenvalue weighted by atomic mass is 16.3. The summed E-state index contributed by atoms with van der Waals surface area (Å²) in [6.07, 6.45) is 3.76. The minimum atomic E-state index is -0.515. The zero-order chi connectivity index (χ0) is 20.7. The molecule has 3 rings (SSSR count). The van der Waals surface area contributed by atoms with Crippen LogP contribution in [0.4, 0.5) is 0 Å². The van der Waals surface area contributed by atoms with Gasteiger partial charge in [-0.2, -0.15) is 0 Å². The Balaban J connectivity index is 0.000000209. The number of fused-ring (bicyclic) bond motifs is 1. The molecule has 0 saturated heterocycles. The van der Waals surface area contributed by atoms with Crippen molar-refractivity contribution < 1.29 is 10.2 Å². The molecule has 2 atom stereocenters. The minimum Gasteiger partial charge on any atom is -0.504 e. The van der Waals surface area contributed by atoms with E-state index in [1.54, 1.807) is 0 Å². The Bertz CT molecular complexity index is 833. The molecule has 1 aliphatic rings. The van der Waals surface area contributed by atoms with E-state index in [2.05, 4.69) is 50.4 Å². The molecule has 4 nitrogen and oxygen atoms in total. The van der Waals surface area contributed by atoms with Gasteiger partial charge in [-0.25, -0.2) is 0 Å². The average molecular weight is 384 g/mol. The summed E-state index contributed by atoms with van der Waals surface area (Å²) in [7, 11) is 0. The van der Waals surface area contributed by atoms with Crippen molar-refractivity contribution >= 4 is 0 Å². The third kappa shape index (κ3) is 5.83. The molecule has 4 heteroatoms. The molecule has 3 N–H and O–H groups in total. The Kier molecular flexibility index (Phi) is 8.06. The molecule has 2 unspecified atom stereocenters. The molecule has 0 aromatic heterocycles. The van der Waals surface area contributed by atoms with Crippen molar-refractivity contribution in [2.24, 2.45) is 5.92 Å². The molecular weight excluding hydrogens is 350 g/mol. The topological polar surface area (TPSA) is 69.6 Å². The van der Waals surface area contributed by atoms with Crippen molar-refractivity contribution in [3.8, 4) is 11.5 Å². The van der Waals surface area contributed by atoms with E-state index in [1.807, 2.05) is 13.0 Å². The third-order valence-corrected chi connectivity index (χ3v) is 5.48. The zero-order valence-electron chi connectivity index (χ0n) is 17.5. The summed E-state index contributed by atoms with van der Waals surface area (Å²) in [5, 5.41) is 22.8. The summed E-state index contributed by atoms with van der Waals surface area (Å²) >= 11 is 0. The van der Waals surface area contributed by atoms with Crippen molar-refractivity contribution in [2.75, 3.05) is 0 Å². The first-order valence-electron chi connectivity index (χ1n) is 10.2. The highest BCUT2D eigenvalue weighted by molar-refractivity contribution is 5.50. The van der Waals surface area contributed by atoms with Crippen LogP contribution in [0.1, 0.15) is 55.9 Å². The van der Waals surface area contributed by atoms with Gasteiger partial charge in [0.05, 0.1) is 0 Å². The molecule has 0 radical (unpaired) electrons. The second-order valence-corrected chi connectivity index (χ2v) is 7.87. The molecule has 0 amide bonds. The lowest BCUT2D eigenvalue weighted by Crippen LogP contribution is -2.24. The summed E-state index contributed by atoms with van der Waals surface area (Å²) in [4.78, 5) is 11.5. The standard InChI is InChI=1S/C13H16O3.C11H17N/c1-7-3-4-9-10(5-7)8(2)6-11(14)13(16)12(9)15;1-3-10(2)12-9-11-7-5-4-6-8-11/h6-7H,3-5H2,1-2H3,(H2,14,15,16);4-8,10,12H,3,9H2,1-2H3. The smallest absolute Gasteiger partial charge is 0.224 e. The maximum Gasteiger partial charge on any atom is 0.224 e. The summed E-state index contributed by atoms with van der Waals surface area (Å²) in [5.74, 6) is -0.177. The highest BCUT2D eigenvalue weighted by Crippen LogP contribution is 2.35. The van der Waals surface area contributed by atoms with Gasteiger partial charge in [-0.1, -0.05) is 44.2 Å². The van der Waals surface area contributed by atoms with E-state index in [4.69, 9.17) is 0 Å². The van der Waals surface area contributed by atoms with Crippen LogP contribution in [-0.4, -0.2) is 16.3 Å². The first-order valence-corrected chi connectivity index (χ1v) is 10.2. The maximum atomic E-state index is 11.5. The summed E-state index contributed by atoms with van der Waals surface area (Å²) in [6.45, 7) is 9.41. The largest absolute Gasteiger partial charge is 0.504 e. The fourth-order valence-electron chi connectivity index (χ4n) is 3.42. The van der Waals surface area contributed by atoms with Crippen LogP contribution in [0, 0.1) is 12.8 Å². The van der Waals surface area contributed by atoms with Crippen molar-refractivity contribution in [3.05, 3.63) is 68.9 Å². The molecular formula is C24H33NO3. The second kappa shape index (κ2) is 10.3. The number of rotatable bonds is 4. The van der Waals surface area contributed by atoms with Gasteiger partial charge in [-0.05, 0) is 68.2 Å². The lowest BCUT2D eigenvalue weighted by atomic mass is 9.84. The van der Waals surface area contributed by atoms with Gasteiger partial charge in [0.2, 0.25) is 11.2 Å². The lowest BCUT2D eigenvalue weighted by Gasteiger charge is -2.21. The maximum absolute atomic E-state index is 11.5. The molecule has 0 heterocycles. The summed E-state index contributed by atoms with van der Waals surface area (Å²) in [5.41, 5.74) is 3.49. The Labute approximate surface area is 168 Å². The van der Waals surface area contributed by atoms with Crippen LogP contribution >= 0.6 is 0 Å². The molecule has 2 aromatic rings. The van der Waals surface area contributed by atoms with Crippen LogP contribution in [-0.2, 0) is 19.4 Å². The van der Waals surface area contributed by atoms with Gasteiger partial charge < -0.3 is 15.5 Å². The number of hydrogen-bond donors (Lipinski definition) is 3. The lowest BCUT2D eigenvalue weighted by molar-refractivity contribution is 0.391. The number of nitrogens with one attached hydrogen (secondary N) is 1. The molecule has 0 bridgehead atoms. The van der Waals surface area contributed by atoms with Crippen molar-refractivity contribution in [3.63, 3.8) is 0 Å². The van der Waals surface area contributed by atoms with E-state index >= 15 is 0 Å². The van der Waals surface area contributed by atoms with Crippen molar-refractivity contribution in [2.45, 2.75) is 66.0 Å². The minimum absolute atomic E-state index is 0.222. The van der Waals surface area contributed by atoms with E-state index < -0.39 is 11.2 Å². The molecule has 152 valence electrons. The van der Waals surface area contributed by atoms with Gasteiger partial charge >= 0.3 is 0 Å². The molecule has 1 aliphatic carbocycles. The second-order valence-electron chi connectivity index (χ2n) is 7.87. The van der Waals surface area contributed by atoms with Crippen LogP contribution < -0.4 is 10.7 Å². The normalized spacial score (nSPS) is 16.5. The highest BCUT2D eigenvalue weighted by Gasteiger charge is 2.21. The molecule has 0 aliphatic heterocycles. The summed E-state index contributed by atoms with van der Waals surface area (Å²) in [6, 6.07) is 12.5. The molecule has 28 heavy (non-hydrogen) atoms. The van der Waals surface area contributed by atoms with Gasteiger partial charge in [0.15, 0.2) is 5.75 Å². The zero-order valence-corrected chi connectivity index (χ0v) is 17.5. The third-order valence-electron chi connectivity index (χ3n) is 5.48. The number of hydrogen-bond acceptors (Lipinski definition) is 4. The Morgan fingerprint density at radius 3 is 2.46 bits per heavy atom. The molecule has 0 saturated carbocycles. The number of aryl methyl sites for hydroxylation is 1. The van der Waals surface area contributed by atoms with Crippen molar-refractivity contribution in [1.29, 1.82) is 0 Å². The van der Waals surface area contributed by atoms with E-state index in [-0.39, 0.29) is 5.75 Å². The van der Waals surface area contributed by atoms with E-state index in [1.165, 1.54) is 18.1 Å². The molecule has 0 spiro atoms. The predicted octanol–water partition coefficient (Wildman–Crippen LogP) is 4.47. The van der Waals surface area contributed by atoms with Crippen LogP contribution in [0.5, 0.6) is 11.5 Å². The van der Waals surface area contributed by atoms with E-state index in [0.717, 1.165) is 42.5 Å². The monoisotopic (exact) mass is 383 g/mol. The Morgan fingerprint density at radius 1 is 1.14 bits per heavy atom. The quantitative estimate of drug-likeness (QED) is 0.729. The van der Waals surface area contributed by atoms with Gasteiger partial charge in [0, 0.05) is 18.2 Å². The Morgan fingerprint density at radius 2 is 1.82 bits per heavy atom. The van der Waals surface area contributed by atoms with Crippen molar-refractivity contribution in [1.82, 2.24) is 5.32 Å².